The van der Waals surface area contributed by atoms with Crippen LogP contribution >= 0.6 is 0 Å². The number of unbranched alkanes of at least 4 members (excludes halogenated alkanes) is 1. The van der Waals surface area contributed by atoms with Gasteiger partial charge in [-0.2, -0.15) is 4.98 Å². The van der Waals surface area contributed by atoms with Gasteiger partial charge in [0, 0.05) is 18.8 Å². The Morgan fingerprint density at radius 3 is 3.00 bits per heavy atom. The van der Waals surface area contributed by atoms with Gasteiger partial charge in [-0.05, 0) is 25.3 Å². The van der Waals surface area contributed by atoms with E-state index in [1.165, 1.54) is 25.7 Å². The Bertz CT molecular complexity index is 337. The van der Waals surface area contributed by atoms with Crippen molar-refractivity contribution in [1.29, 1.82) is 0 Å². The quantitative estimate of drug-likeness (QED) is 0.563. The number of hydrazine groups is 1. The molecule has 3 N–H and O–H groups in total. The van der Waals surface area contributed by atoms with Gasteiger partial charge in [-0.25, -0.2) is 10.8 Å². The van der Waals surface area contributed by atoms with E-state index >= 15 is 0 Å². The van der Waals surface area contributed by atoms with Gasteiger partial charge in [0.15, 0.2) is 0 Å². The zero-order chi connectivity index (χ0) is 11.4. The molecule has 2 rings (SSSR count). The molecule has 1 saturated carbocycles. The SMILES string of the molecule is CCCCN(c1ccnc(NN)n1)C1CC1. The lowest BCUT2D eigenvalue weighted by atomic mass is 10.3. The predicted octanol–water partition coefficient (Wildman–Crippen LogP) is 1.53. The fourth-order valence-corrected chi connectivity index (χ4v) is 1.78. The predicted molar refractivity (Wildman–Crippen MR) is 65.1 cm³/mol. The molecule has 0 aliphatic heterocycles. The third-order valence-electron chi connectivity index (χ3n) is 2.80. The number of nitrogens with two attached hydrogens (primary N) is 1. The Labute approximate surface area is 96.0 Å². The Balaban J connectivity index is 2.10. The molecule has 1 aliphatic rings. The standard InChI is InChI=1S/C11H19N5/c1-2-3-8-16(9-4-5-9)10-6-7-13-11(14-10)15-12/h6-7,9H,2-5,8,12H2,1H3,(H,13,14,15). The van der Waals surface area contributed by atoms with Crippen LogP contribution in [0, 0.1) is 0 Å². The molecular weight excluding hydrogens is 202 g/mol. The van der Waals surface area contributed by atoms with Crippen molar-refractivity contribution in [2.45, 2.75) is 38.6 Å². The summed E-state index contributed by atoms with van der Waals surface area (Å²) in [5, 5.41) is 0. The second-order valence-electron chi connectivity index (χ2n) is 4.16. The zero-order valence-electron chi connectivity index (χ0n) is 9.69. The smallest absolute Gasteiger partial charge is 0.239 e. The van der Waals surface area contributed by atoms with Crippen molar-refractivity contribution in [2.24, 2.45) is 5.84 Å². The Kier molecular flexibility index (Phi) is 3.56. The highest BCUT2D eigenvalue weighted by atomic mass is 15.3. The van der Waals surface area contributed by atoms with Gasteiger partial charge in [-0.1, -0.05) is 13.3 Å². The van der Waals surface area contributed by atoms with Crippen molar-refractivity contribution in [3.05, 3.63) is 12.3 Å². The van der Waals surface area contributed by atoms with Crippen molar-refractivity contribution in [2.75, 3.05) is 16.9 Å². The Morgan fingerprint density at radius 1 is 1.56 bits per heavy atom. The minimum Gasteiger partial charge on any atom is -0.353 e. The van der Waals surface area contributed by atoms with Crippen molar-refractivity contribution >= 4 is 11.8 Å². The molecule has 5 heteroatoms. The summed E-state index contributed by atoms with van der Waals surface area (Å²) in [6, 6.07) is 2.63. The number of nitrogens with zero attached hydrogens (tertiary/aromatic N) is 3. The highest BCUT2D eigenvalue weighted by Crippen LogP contribution is 2.30. The second kappa shape index (κ2) is 5.12. The van der Waals surface area contributed by atoms with E-state index in [2.05, 4.69) is 27.2 Å². The highest BCUT2D eigenvalue weighted by Gasteiger charge is 2.29. The van der Waals surface area contributed by atoms with E-state index in [0.717, 1.165) is 12.4 Å². The molecule has 0 aromatic carbocycles. The molecule has 1 aliphatic carbocycles. The van der Waals surface area contributed by atoms with Crippen LogP contribution in [0.15, 0.2) is 12.3 Å². The molecule has 0 amide bonds. The maximum absolute atomic E-state index is 5.32. The fourth-order valence-electron chi connectivity index (χ4n) is 1.78. The number of nitrogens with one attached hydrogen (secondary N) is 1. The molecular formula is C11H19N5. The molecule has 0 unspecified atom stereocenters. The number of anilines is 2. The van der Waals surface area contributed by atoms with Crippen LogP contribution in [-0.2, 0) is 0 Å². The average molecular weight is 221 g/mol. The van der Waals surface area contributed by atoms with Crippen molar-refractivity contribution in [3.63, 3.8) is 0 Å². The molecule has 0 atom stereocenters. The molecule has 0 bridgehead atoms. The third-order valence-corrected chi connectivity index (χ3v) is 2.80. The molecule has 16 heavy (non-hydrogen) atoms. The summed E-state index contributed by atoms with van der Waals surface area (Å²) in [6.45, 7) is 3.28. The van der Waals surface area contributed by atoms with Crippen LogP contribution in [0.4, 0.5) is 11.8 Å². The summed E-state index contributed by atoms with van der Waals surface area (Å²) in [5.74, 6) is 6.79. The lowest BCUT2D eigenvalue weighted by Crippen LogP contribution is -2.28. The van der Waals surface area contributed by atoms with E-state index in [4.69, 9.17) is 5.84 Å². The van der Waals surface area contributed by atoms with Gasteiger partial charge in [0.2, 0.25) is 5.95 Å². The molecule has 0 saturated heterocycles. The van der Waals surface area contributed by atoms with Gasteiger partial charge in [0.25, 0.3) is 0 Å². The lowest BCUT2D eigenvalue weighted by molar-refractivity contribution is 0.704. The summed E-state index contributed by atoms with van der Waals surface area (Å²) in [5.41, 5.74) is 2.49. The van der Waals surface area contributed by atoms with E-state index in [1.54, 1.807) is 6.20 Å². The van der Waals surface area contributed by atoms with Gasteiger partial charge in [0.05, 0.1) is 0 Å². The van der Waals surface area contributed by atoms with Crippen LogP contribution in [0.3, 0.4) is 0 Å². The van der Waals surface area contributed by atoms with E-state index < -0.39 is 0 Å². The van der Waals surface area contributed by atoms with Crippen molar-refractivity contribution in [1.82, 2.24) is 9.97 Å². The molecule has 0 radical (unpaired) electrons. The number of nitrogen functional groups attached to an aromatic ring is 1. The molecule has 1 aromatic rings. The molecule has 1 heterocycles. The topological polar surface area (TPSA) is 67.1 Å². The van der Waals surface area contributed by atoms with Crippen molar-refractivity contribution in [3.8, 4) is 0 Å². The van der Waals surface area contributed by atoms with Gasteiger partial charge in [-0.3, -0.25) is 5.43 Å². The van der Waals surface area contributed by atoms with Crippen LogP contribution in [0.5, 0.6) is 0 Å². The lowest BCUT2D eigenvalue weighted by Gasteiger charge is -2.23. The van der Waals surface area contributed by atoms with E-state index in [9.17, 15) is 0 Å². The molecule has 5 nitrogen and oxygen atoms in total. The van der Waals surface area contributed by atoms with Gasteiger partial charge < -0.3 is 4.90 Å². The first-order chi connectivity index (χ1) is 7.85. The summed E-state index contributed by atoms with van der Waals surface area (Å²) in [4.78, 5) is 10.8. The molecule has 1 fully saturated rings. The van der Waals surface area contributed by atoms with Crippen molar-refractivity contribution < 1.29 is 0 Å². The second-order valence-corrected chi connectivity index (χ2v) is 4.16. The first kappa shape index (κ1) is 11.1. The van der Waals surface area contributed by atoms with Crippen LogP contribution in [0.2, 0.25) is 0 Å². The third kappa shape index (κ3) is 2.61. The van der Waals surface area contributed by atoms with E-state index in [-0.39, 0.29) is 0 Å². The molecule has 88 valence electrons. The molecule has 0 spiro atoms. The number of hydrogen-bond acceptors (Lipinski definition) is 5. The van der Waals surface area contributed by atoms with Crippen LogP contribution < -0.4 is 16.2 Å². The van der Waals surface area contributed by atoms with Crippen LogP contribution in [0.25, 0.3) is 0 Å². The fraction of sp³-hybridized carbons (Fsp3) is 0.636. The highest BCUT2D eigenvalue weighted by molar-refractivity contribution is 5.44. The summed E-state index contributed by atoms with van der Waals surface area (Å²) in [7, 11) is 0. The maximum Gasteiger partial charge on any atom is 0.239 e. The number of rotatable bonds is 6. The van der Waals surface area contributed by atoms with Crippen LogP contribution in [-0.4, -0.2) is 22.6 Å². The number of hydrogen-bond donors (Lipinski definition) is 2. The van der Waals surface area contributed by atoms with Gasteiger partial charge >= 0.3 is 0 Å². The minimum atomic E-state index is 0.486. The first-order valence-corrected chi connectivity index (χ1v) is 5.91. The van der Waals surface area contributed by atoms with Gasteiger partial charge in [-0.15, -0.1) is 0 Å². The first-order valence-electron chi connectivity index (χ1n) is 5.91. The summed E-state index contributed by atoms with van der Waals surface area (Å²) < 4.78 is 0. The normalized spacial score (nSPS) is 14.9. The van der Waals surface area contributed by atoms with E-state index in [1.807, 2.05) is 6.07 Å². The summed E-state index contributed by atoms with van der Waals surface area (Å²) >= 11 is 0. The monoisotopic (exact) mass is 221 g/mol. The Hall–Kier alpha value is -1.36. The maximum atomic E-state index is 5.32. The number of aromatic nitrogens is 2. The van der Waals surface area contributed by atoms with Crippen LogP contribution in [0.1, 0.15) is 32.6 Å². The average Bonchev–Trinajstić information content (AvgIpc) is 3.14. The van der Waals surface area contributed by atoms with Gasteiger partial charge in [0.1, 0.15) is 5.82 Å². The Morgan fingerprint density at radius 2 is 2.38 bits per heavy atom. The van der Waals surface area contributed by atoms with E-state index in [0.29, 0.717) is 12.0 Å². The minimum absolute atomic E-state index is 0.486. The molecule has 1 aromatic heterocycles. The zero-order valence-corrected chi connectivity index (χ0v) is 9.69. The largest absolute Gasteiger partial charge is 0.353 e. The summed E-state index contributed by atoms with van der Waals surface area (Å²) in [6.07, 6.45) is 6.71.